The van der Waals surface area contributed by atoms with Crippen LogP contribution in [0.3, 0.4) is 0 Å². The number of thioether (sulfide) groups is 1. The molecule has 3 rings (SSSR count). The summed E-state index contributed by atoms with van der Waals surface area (Å²) < 4.78 is 38.6. The van der Waals surface area contributed by atoms with Crippen LogP contribution in [0.4, 0.5) is 13.2 Å². The lowest BCUT2D eigenvalue weighted by Crippen LogP contribution is -2.54. The van der Waals surface area contributed by atoms with E-state index >= 15 is 0 Å². The van der Waals surface area contributed by atoms with Crippen molar-refractivity contribution in [3.05, 3.63) is 40.3 Å². The van der Waals surface area contributed by atoms with E-state index in [1.807, 2.05) is 0 Å². The number of nitrogens with one attached hydrogen (secondary N) is 1. The number of hydrogen-bond acceptors (Lipinski definition) is 4. The third-order valence-electron chi connectivity index (χ3n) is 6.54. The molecule has 5 nitrogen and oxygen atoms in total. The first-order valence-corrected chi connectivity index (χ1v) is 13.0. The van der Waals surface area contributed by atoms with Crippen LogP contribution in [0.15, 0.2) is 29.2 Å². The van der Waals surface area contributed by atoms with Gasteiger partial charge in [-0.2, -0.15) is 13.2 Å². The number of amides is 2. The molecule has 2 atom stereocenters. The molecule has 1 saturated heterocycles. The first kappa shape index (κ1) is 26.6. The Kier molecular flexibility index (Phi) is 9.47. The van der Waals surface area contributed by atoms with Gasteiger partial charge in [0, 0.05) is 17.8 Å². The molecule has 2 aliphatic rings. The summed E-state index contributed by atoms with van der Waals surface area (Å²) in [6.07, 6.45) is 2.01. The van der Waals surface area contributed by atoms with Crippen LogP contribution in [0.25, 0.3) is 6.08 Å². The van der Waals surface area contributed by atoms with Crippen LogP contribution in [-0.2, 0) is 15.8 Å². The fourth-order valence-corrected chi connectivity index (χ4v) is 6.04. The minimum atomic E-state index is -4.40. The quantitative estimate of drug-likeness (QED) is 0.394. The maximum Gasteiger partial charge on any atom is 0.416 e. The van der Waals surface area contributed by atoms with Crippen LogP contribution in [0.2, 0.25) is 0 Å². The highest BCUT2D eigenvalue weighted by molar-refractivity contribution is 8.04. The number of rotatable bonds is 9. The largest absolute Gasteiger partial charge is 0.416 e. The number of halogens is 3. The molecule has 0 bridgehead atoms. The molecule has 0 aromatic heterocycles. The highest BCUT2D eigenvalue weighted by Crippen LogP contribution is 2.42. The van der Waals surface area contributed by atoms with E-state index in [0.717, 1.165) is 63.9 Å². The maximum absolute atomic E-state index is 13.3. The summed E-state index contributed by atoms with van der Waals surface area (Å²) in [7, 11) is 0. The van der Waals surface area contributed by atoms with Gasteiger partial charge in [-0.25, -0.2) is 0 Å². The fraction of sp³-hybridized carbons (Fsp3) is 0.600. The smallest absolute Gasteiger partial charge is 0.355 e. The van der Waals surface area contributed by atoms with Crippen molar-refractivity contribution < 1.29 is 22.8 Å². The van der Waals surface area contributed by atoms with Gasteiger partial charge < -0.3 is 15.1 Å². The van der Waals surface area contributed by atoms with E-state index in [2.05, 4.69) is 24.1 Å². The zero-order valence-corrected chi connectivity index (χ0v) is 20.7. The molecule has 9 heteroatoms. The van der Waals surface area contributed by atoms with Gasteiger partial charge in [-0.3, -0.25) is 9.59 Å². The summed E-state index contributed by atoms with van der Waals surface area (Å²) in [6, 6.07) is 4.82. The monoisotopic (exact) mass is 497 g/mol. The average Bonchev–Trinajstić information content (AvgIpc) is 2.81. The van der Waals surface area contributed by atoms with Crippen molar-refractivity contribution in [1.82, 2.24) is 15.1 Å². The van der Waals surface area contributed by atoms with E-state index in [0.29, 0.717) is 17.0 Å². The van der Waals surface area contributed by atoms with Crippen molar-refractivity contribution in [1.29, 1.82) is 0 Å². The topological polar surface area (TPSA) is 52.7 Å². The van der Waals surface area contributed by atoms with E-state index < -0.39 is 11.7 Å². The second-order valence-corrected chi connectivity index (χ2v) is 10.1. The Morgan fingerprint density at radius 2 is 1.85 bits per heavy atom. The van der Waals surface area contributed by atoms with Gasteiger partial charge in [0.1, 0.15) is 6.54 Å². The van der Waals surface area contributed by atoms with E-state index in [1.165, 1.54) is 23.9 Å². The molecule has 34 heavy (non-hydrogen) atoms. The number of fused-ring (bicyclic) bond motifs is 1. The van der Waals surface area contributed by atoms with Crippen molar-refractivity contribution >= 4 is 29.7 Å². The Morgan fingerprint density at radius 1 is 1.18 bits per heavy atom. The summed E-state index contributed by atoms with van der Waals surface area (Å²) in [5.41, 5.74) is -0.178. The van der Waals surface area contributed by atoms with Crippen molar-refractivity contribution in [2.24, 2.45) is 0 Å². The van der Waals surface area contributed by atoms with Crippen molar-refractivity contribution in [2.75, 3.05) is 32.7 Å². The first-order valence-electron chi connectivity index (χ1n) is 12.1. The second kappa shape index (κ2) is 12.1. The minimum absolute atomic E-state index is 0.0101. The van der Waals surface area contributed by atoms with E-state index in [-0.39, 0.29) is 29.7 Å². The summed E-state index contributed by atoms with van der Waals surface area (Å²) in [5, 5.41) is 3.14. The fourth-order valence-electron chi connectivity index (χ4n) is 4.56. The predicted octanol–water partition coefficient (Wildman–Crippen LogP) is 4.78. The van der Waals surface area contributed by atoms with E-state index in [4.69, 9.17) is 0 Å². The minimum Gasteiger partial charge on any atom is -0.355 e. The summed E-state index contributed by atoms with van der Waals surface area (Å²) in [6.45, 7) is 7.65. The normalized spacial score (nSPS) is 22.2. The van der Waals surface area contributed by atoms with E-state index in [1.54, 1.807) is 11.0 Å². The number of nitrogens with zero attached hydrogens (tertiary/aromatic N) is 2. The SMILES string of the molecule is CCN(CC)CCCNC(=O)CN1C(=O)/C(=C\c2ccc(C(F)(F)F)cc2)SC2CCCCC21. The Hall–Kier alpha value is -2.00. The number of carbonyl (C=O) groups excluding carboxylic acids is 2. The van der Waals surface area contributed by atoms with Gasteiger partial charge in [0.2, 0.25) is 5.91 Å². The van der Waals surface area contributed by atoms with Crippen LogP contribution in [-0.4, -0.2) is 65.6 Å². The van der Waals surface area contributed by atoms with Crippen molar-refractivity contribution in [3.8, 4) is 0 Å². The van der Waals surface area contributed by atoms with Crippen molar-refractivity contribution in [3.63, 3.8) is 0 Å². The molecule has 1 N–H and O–H groups in total. The maximum atomic E-state index is 13.3. The van der Waals surface area contributed by atoms with Gasteiger partial charge >= 0.3 is 6.18 Å². The van der Waals surface area contributed by atoms with E-state index in [9.17, 15) is 22.8 Å². The van der Waals surface area contributed by atoms with Crippen molar-refractivity contribution in [2.45, 2.75) is 63.4 Å². The highest BCUT2D eigenvalue weighted by Gasteiger charge is 2.41. The standard InChI is InChI=1S/C25H34F3N3O2S/c1-3-30(4-2)15-7-14-29-23(32)17-31-20-8-5-6-9-21(20)34-22(24(31)33)16-18-10-12-19(13-11-18)25(26,27)28/h10-13,16,20-21H,3-9,14-15,17H2,1-2H3,(H,29,32)/b22-16+. The number of hydrogen-bond donors (Lipinski definition) is 1. The molecule has 1 aliphatic carbocycles. The number of carbonyl (C=O) groups is 2. The zero-order chi connectivity index (χ0) is 24.7. The predicted molar refractivity (Wildman–Crippen MR) is 130 cm³/mol. The van der Waals surface area contributed by atoms with Gasteiger partial charge in [-0.15, -0.1) is 11.8 Å². The molecule has 1 aromatic carbocycles. The molecule has 1 aromatic rings. The Balaban J connectivity index is 1.67. The molecule has 0 radical (unpaired) electrons. The van der Waals surface area contributed by atoms with Gasteiger partial charge in [0.25, 0.3) is 5.91 Å². The molecule has 1 heterocycles. The lowest BCUT2D eigenvalue weighted by Gasteiger charge is -2.43. The molecule has 1 saturated carbocycles. The Morgan fingerprint density at radius 3 is 2.50 bits per heavy atom. The molecule has 2 unspecified atom stereocenters. The molecule has 2 fully saturated rings. The Labute approximate surface area is 204 Å². The number of benzene rings is 1. The summed E-state index contributed by atoms with van der Waals surface area (Å²) in [5.74, 6) is -0.385. The van der Waals surface area contributed by atoms with Crippen LogP contribution >= 0.6 is 11.8 Å². The number of alkyl halides is 3. The van der Waals surface area contributed by atoms with Crippen LogP contribution in [0.1, 0.15) is 57.1 Å². The van der Waals surface area contributed by atoms with Gasteiger partial charge in [0.05, 0.1) is 10.5 Å². The van der Waals surface area contributed by atoms with Gasteiger partial charge in [-0.1, -0.05) is 38.8 Å². The Bertz CT molecular complexity index is 869. The lowest BCUT2D eigenvalue weighted by molar-refractivity contribution is -0.137. The summed E-state index contributed by atoms with van der Waals surface area (Å²) in [4.78, 5) is 30.4. The lowest BCUT2D eigenvalue weighted by atomic mass is 9.93. The van der Waals surface area contributed by atoms with Crippen LogP contribution in [0.5, 0.6) is 0 Å². The second-order valence-electron chi connectivity index (χ2n) is 8.80. The molecule has 0 spiro atoms. The van der Waals surface area contributed by atoms with Gasteiger partial charge in [-0.05, 0) is 62.7 Å². The first-order chi connectivity index (χ1) is 16.2. The average molecular weight is 498 g/mol. The highest BCUT2D eigenvalue weighted by atomic mass is 32.2. The molecular weight excluding hydrogens is 463 g/mol. The molecule has 2 amide bonds. The summed E-state index contributed by atoms with van der Waals surface area (Å²) >= 11 is 1.50. The van der Waals surface area contributed by atoms with Crippen LogP contribution < -0.4 is 5.32 Å². The van der Waals surface area contributed by atoms with Gasteiger partial charge in [0.15, 0.2) is 0 Å². The molecular formula is C25H34F3N3O2S. The molecule has 188 valence electrons. The zero-order valence-electron chi connectivity index (χ0n) is 19.9. The third-order valence-corrected chi connectivity index (χ3v) is 7.93. The third kappa shape index (κ3) is 7.01. The molecule has 1 aliphatic heterocycles. The van der Waals surface area contributed by atoms with Crippen LogP contribution in [0, 0.1) is 0 Å².